The van der Waals surface area contributed by atoms with Gasteiger partial charge in [0.1, 0.15) is 0 Å². The highest BCUT2D eigenvalue weighted by molar-refractivity contribution is 7.61. The van der Waals surface area contributed by atoms with E-state index in [1.165, 1.54) is 12.1 Å². The molecule has 2 rings (SSSR count). The molecule has 0 aliphatic carbocycles. The van der Waals surface area contributed by atoms with Gasteiger partial charge in [-0.2, -0.15) is 0 Å². The van der Waals surface area contributed by atoms with Gasteiger partial charge in [-0.15, -0.1) is 0 Å². The third-order valence-electron chi connectivity index (χ3n) is 2.31. The van der Waals surface area contributed by atoms with Crippen molar-refractivity contribution in [2.75, 3.05) is 5.32 Å². The van der Waals surface area contributed by atoms with Gasteiger partial charge in [-0.3, -0.25) is 5.32 Å². The predicted molar refractivity (Wildman–Crippen MR) is 72.4 cm³/mol. The summed E-state index contributed by atoms with van der Waals surface area (Å²) in [5, 5.41) is 2.44. The first kappa shape index (κ1) is 13.3. The molecule has 1 amide bonds. The average Bonchev–Trinajstić information content (AvgIpc) is 2.40. The highest BCUT2D eigenvalue weighted by atomic mass is 31.2. The number of amides is 1. The van der Waals surface area contributed by atoms with Crippen molar-refractivity contribution in [2.24, 2.45) is 0 Å². The monoisotopic (exact) mass is 277 g/mol. The molecule has 0 aliphatic heterocycles. The molecule has 19 heavy (non-hydrogen) atoms. The number of anilines is 1. The van der Waals surface area contributed by atoms with E-state index in [0.29, 0.717) is 5.69 Å². The minimum Gasteiger partial charge on any atom is -0.371 e. The summed E-state index contributed by atoms with van der Waals surface area (Å²) in [6, 6.07) is 16.3. The summed E-state index contributed by atoms with van der Waals surface area (Å²) in [4.78, 5) is 21.2. The van der Waals surface area contributed by atoms with Gasteiger partial charge in [0.15, 0.2) is 0 Å². The van der Waals surface area contributed by atoms with Crippen molar-refractivity contribution in [3.8, 4) is 0 Å². The number of benzene rings is 2. The van der Waals surface area contributed by atoms with Gasteiger partial charge < -0.3 is 9.42 Å². The summed E-state index contributed by atoms with van der Waals surface area (Å²) < 4.78 is 16.5. The van der Waals surface area contributed by atoms with E-state index < -0.39 is 13.7 Å². The van der Waals surface area contributed by atoms with E-state index in [1.807, 2.05) is 0 Å². The molecule has 1 atom stereocenters. The zero-order valence-electron chi connectivity index (χ0n) is 9.89. The fourth-order valence-electron chi connectivity index (χ4n) is 1.44. The minimum absolute atomic E-state index is 0.0678. The lowest BCUT2D eigenvalue weighted by molar-refractivity contribution is 0.209. The third kappa shape index (κ3) is 3.68. The van der Waals surface area contributed by atoms with Crippen molar-refractivity contribution in [3.05, 3.63) is 60.7 Å². The van der Waals surface area contributed by atoms with Gasteiger partial charge >= 0.3 is 13.7 Å². The number of rotatable bonds is 3. The van der Waals surface area contributed by atoms with Crippen LogP contribution >= 0.6 is 7.60 Å². The zero-order chi connectivity index (χ0) is 13.7. The first-order valence-corrected chi connectivity index (χ1v) is 7.10. The summed E-state index contributed by atoms with van der Waals surface area (Å²) in [5.74, 6) is 0. The van der Waals surface area contributed by atoms with Crippen LogP contribution in [0.2, 0.25) is 0 Å². The summed E-state index contributed by atoms with van der Waals surface area (Å²) in [7, 11) is -4.15. The topological polar surface area (TPSA) is 75.6 Å². The largest absolute Gasteiger partial charge is 0.418 e. The van der Waals surface area contributed by atoms with Crippen molar-refractivity contribution < 1.29 is 18.8 Å². The van der Waals surface area contributed by atoms with Crippen molar-refractivity contribution in [3.63, 3.8) is 0 Å². The number of carbonyl (C=O) groups excluding carboxylic acids is 1. The fraction of sp³-hybridized carbons (Fsp3) is 0. The maximum atomic E-state index is 11.9. The highest BCUT2D eigenvalue weighted by Gasteiger charge is 2.26. The van der Waals surface area contributed by atoms with Crippen LogP contribution in [0.4, 0.5) is 10.5 Å². The van der Waals surface area contributed by atoms with Crippen molar-refractivity contribution in [2.45, 2.75) is 0 Å². The molecule has 6 heteroatoms. The maximum absolute atomic E-state index is 11.9. The van der Waals surface area contributed by atoms with Crippen LogP contribution in [0.3, 0.4) is 0 Å². The molecule has 0 aliphatic rings. The Morgan fingerprint density at radius 1 is 1.00 bits per heavy atom. The Labute approximate surface area is 110 Å². The van der Waals surface area contributed by atoms with Crippen LogP contribution in [-0.2, 0) is 9.09 Å². The lowest BCUT2D eigenvalue weighted by Crippen LogP contribution is -2.16. The Morgan fingerprint density at radius 2 is 1.53 bits per heavy atom. The Hall–Kier alpha value is -2.10. The molecule has 2 N–H and O–H groups in total. The Kier molecular flexibility index (Phi) is 4.00. The molecule has 0 spiro atoms. The Morgan fingerprint density at radius 3 is 2.11 bits per heavy atom. The first-order valence-electron chi connectivity index (χ1n) is 5.52. The van der Waals surface area contributed by atoms with Gasteiger partial charge in [0.2, 0.25) is 0 Å². The molecule has 0 heterocycles. The second kappa shape index (κ2) is 5.69. The van der Waals surface area contributed by atoms with E-state index >= 15 is 0 Å². The van der Waals surface area contributed by atoms with Crippen LogP contribution < -0.4 is 10.6 Å². The number of hydrogen-bond acceptors (Lipinski definition) is 3. The van der Waals surface area contributed by atoms with E-state index in [4.69, 9.17) is 0 Å². The molecular formula is C13H12NO4P. The normalized spacial score (nSPS) is 13.3. The molecule has 0 radical (unpaired) electrons. The lowest BCUT2D eigenvalue weighted by atomic mass is 10.3. The summed E-state index contributed by atoms with van der Waals surface area (Å²) in [6.45, 7) is 0. The van der Waals surface area contributed by atoms with Gasteiger partial charge in [-0.25, -0.2) is 9.36 Å². The molecule has 5 nitrogen and oxygen atoms in total. The van der Waals surface area contributed by atoms with Gasteiger partial charge in [-0.1, -0.05) is 36.4 Å². The lowest BCUT2D eigenvalue weighted by Gasteiger charge is -2.12. The molecule has 0 fully saturated rings. The maximum Gasteiger partial charge on any atom is 0.418 e. The summed E-state index contributed by atoms with van der Waals surface area (Å²) >= 11 is 0. The zero-order valence-corrected chi connectivity index (χ0v) is 10.8. The molecule has 98 valence electrons. The average molecular weight is 277 g/mol. The highest BCUT2D eigenvalue weighted by Crippen LogP contribution is 2.40. The van der Waals surface area contributed by atoms with Gasteiger partial charge in [0.25, 0.3) is 0 Å². The van der Waals surface area contributed by atoms with Crippen molar-refractivity contribution in [1.29, 1.82) is 0 Å². The molecule has 0 saturated heterocycles. The molecule has 2 aromatic rings. The summed E-state index contributed by atoms with van der Waals surface area (Å²) in [5.41, 5.74) is 0.487. The van der Waals surface area contributed by atoms with Crippen LogP contribution in [0, 0.1) is 0 Å². The number of hydrogen-bond donors (Lipinski definition) is 2. The van der Waals surface area contributed by atoms with Crippen LogP contribution in [0.5, 0.6) is 0 Å². The van der Waals surface area contributed by atoms with E-state index in [-0.39, 0.29) is 5.30 Å². The van der Waals surface area contributed by atoms with Crippen molar-refractivity contribution >= 4 is 24.7 Å². The van der Waals surface area contributed by atoms with Gasteiger partial charge in [0.05, 0.1) is 5.30 Å². The SMILES string of the molecule is O=C(Nc1ccccc1)OP(=O)(O)c1ccccc1. The van der Waals surface area contributed by atoms with Crippen LogP contribution in [0.15, 0.2) is 60.7 Å². The number of para-hydroxylation sites is 1. The van der Waals surface area contributed by atoms with E-state index in [0.717, 1.165) is 0 Å². The van der Waals surface area contributed by atoms with Gasteiger partial charge in [-0.05, 0) is 24.3 Å². The second-order valence-corrected chi connectivity index (χ2v) is 5.47. The smallest absolute Gasteiger partial charge is 0.371 e. The van der Waals surface area contributed by atoms with Crippen molar-refractivity contribution in [1.82, 2.24) is 0 Å². The Balaban J connectivity index is 2.05. The minimum atomic E-state index is -4.15. The molecule has 0 bridgehead atoms. The van der Waals surface area contributed by atoms with E-state index in [1.54, 1.807) is 48.5 Å². The fourth-order valence-corrected chi connectivity index (χ4v) is 2.37. The molecular weight excluding hydrogens is 265 g/mol. The quantitative estimate of drug-likeness (QED) is 0.846. The standard InChI is InChI=1S/C13H12NO4P/c15-13(14-11-7-3-1-4-8-11)18-19(16,17)12-9-5-2-6-10-12/h1-10H,(H,14,15)(H,16,17). The third-order valence-corrected chi connectivity index (χ3v) is 3.67. The summed E-state index contributed by atoms with van der Waals surface area (Å²) in [6.07, 6.45) is -0.971. The van der Waals surface area contributed by atoms with Crippen LogP contribution in [0.25, 0.3) is 0 Å². The number of carbonyl (C=O) groups is 1. The molecule has 2 aromatic carbocycles. The van der Waals surface area contributed by atoms with E-state index in [9.17, 15) is 14.3 Å². The first-order chi connectivity index (χ1) is 9.08. The predicted octanol–water partition coefficient (Wildman–Crippen LogP) is 2.75. The molecule has 1 unspecified atom stereocenters. The number of nitrogens with one attached hydrogen (secondary N) is 1. The molecule has 0 saturated carbocycles. The van der Waals surface area contributed by atoms with E-state index in [2.05, 4.69) is 9.84 Å². The van der Waals surface area contributed by atoms with Gasteiger partial charge in [0, 0.05) is 5.69 Å². The molecule has 0 aromatic heterocycles. The van der Waals surface area contributed by atoms with Crippen LogP contribution in [-0.4, -0.2) is 11.0 Å². The Bertz CT molecular complexity index is 601. The van der Waals surface area contributed by atoms with Crippen LogP contribution in [0.1, 0.15) is 0 Å². The second-order valence-electron chi connectivity index (χ2n) is 3.73.